The van der Waals surface area contributed by atoms with E-state index in [1.165, 1.54) is 29.8 Å². The number of hydrogen-bond donors (Lipinski definition) is 0. The van der Waals surface area contributed by atoms with Crippen molar-refractivity contribution in [1.29, 1.82) is 0 Å². The van der Waals surface area contributed by atoms with Gasteiger partial charge in [0.05, 0.1) is 11.2 Å². The van der Waals surface area contributed by atoms with Crippen LogP contribution in [0.15, 0.2) is 5.51 Å². The molecule has 0 N–H and O–H groups in total. The number of aryl methyl sites for hydroxylation is 2. The Morgan fingerprint density at radius 3 is 3.38 bits per heavy atom. The third-order valence-electron chi connectivity index (χ3n) is 1.54. The molecule has 0 bridgehead atoms. The Morgan fingerprint density at radius 1 is 1.50 bits per heavy atom. The molecule has 8 heavy (non-hydrogen) atoms. The Morgan fingerprint density at radius 2 is 2.50 bits per heavy atom. The molecule has 1 aliphatic carbocycles. The van der Waals surface area contributed by atoms with Crippen molar-refractivity contribution in [2.45, 2.75) is 19.3 Å². The van der Waals surface area contributed by atoms with Gasteiger partial charge in [0.25, 0.3) is 0 Å². The minimum atomic E-state index is 1.22. The number of rotatable bonds is 0. The lowest BCUT2D eigenvalue weighted by molar-refractivity contribution is 0.899. The summed E-state index contributed by atoms with van der Waals surface area (Å²) < 4.78 is 0. The van der Waals surface area contributed by atoms with E-state index >= 15 is 0 Å². The third kappa shape index (κ3) is 0.494. The van der Waals surface area contributed by atoms with Crippen molar-refractivity contribution in [3.8, 4) is 0 Å². The SMILES string of the molecule is c1nc2c(s1)CCC2. The average molecular weight is 125 g/mol. The smallest absolute Gasteiger partial charge is 0.0797 e. The second-order valence-electron chi connectivity index (χ2n) is 2.08. The summed E-state index contributed by atoms with van der Waals surface area (Å²) in [6, 6.07) is 0. The number of aromatic nitrogens is 1. The van der Waals surface area contributed by atoms with Crippen molar-refractivity contribution in [3.63, 3.8) is 0 Å². The maximum atomic E-state index is 4.22. The van der Waals surface area contributed by atoms with Gasteiger partial charge in [0.1, 0.15) is 0 Å². The fourth-order valence-electron chi connectivity index (χ4n) is 1.12. The summed E-state index contributed by atoms with van der Waals surface area (Å²) in [7, 11) is 0. The summed E-state index contributed by atoms with van der Waals surface area (Å²) in [4.78, 5) is 5.73. The van der Waals surface area contributed by atoms with Crippen LogP contribution in [-0.4, -0.2) is 4.98 Å². The summed E-state index contributed by atoms with van der Waals surface area (Å²) in [5.74, 6) is 0. The third-order valence-corrected chi connectivity index (χ3v) is 2.48. The molecular weight excluding hydrogens is 118 g/mol. The van der Waals surface area contributed by atoms with Gasteiger partial charge in [0.15, 0.2) is 0 Å². The number of thiazole rings is 1. The molecule has 2 rings (SSSR count). The van der Waals surface area contributed by atoms with Crippen LogP contribution >= 0.6 is 11.3 Å². The van der Waals surface area contributed by atoms with E-state index in [2.05, 4.69) is 4.98 Å². The topological polar surface area (TPSA) is 12.9 Å². The van der Waals surface area contributed by atoms with E-state index in [1.807, 2.05) is 5.51 Å². The molecule has 0 aliphatic heterocycles. The lowest BCUT2D eigenvalue weighted by Crippen LogP contribution is -1.73. The summed E-state index contributed by atoms with van der Waals surface area (Å²) >= 11 is 1.80. The Hall–Kier alpha value is -0.370. The number of hydrogen-bond acceptors (Lipinski definition) is 2. The molecule has 2 heteroatoms. The maximum Gasteiger partial charge on any atom is 0.0797 e. The van der Waals surface area contributed by atoms with Crippen LogP contribution in [0.25, 0.3) is 0 Å². The van der Waals surface area contributed by atoms with Gasteiger partial charge in [-0.25, -0.2) is 4.98 Å². The highest BCUT2D eigenvalue weighted by Crippen LogP contribution is 2.23. The quantitative estimate of drug-likeness (QED) is 0.513. The normalized spacial score (nSPS) is 16.5. The Bertz CT molecular complexity index is 174. The van der Waals surface area contributed by atoms with Crippen LogP contribution in [0.3, 0.4) is 0 Å². The van der Waals surface area contributed by atoms with Gasteiger partial charge in [0, 0.05) is 4.88 Å². The van der Waals surface area contributed by atoms with Crippen molar-refractivity contribution in [2.24, 2.45) is 0 Å². The maximum absolute atomic E-state index is 4.22. The van der Waals surface area contributed by atoms with Crippen LogP contribution in [0.5, 0.6) is 0 Å². The molecule has 0 saturated heterocycles. The van der Waals surface area contributed by atoms with Crippen LogP contribution < -0.4 is 0 Å². The van der Waals surface area contributed by atoms with Gasteiger partial charge in [0.2, 0.25) is 0 Å². The van der Waals surface area contributed by atoms with Crippen molar-refractivity contribution >= 4 is 11.3 Å². The molecule has 0 spiro atoms. The van der Waals surface area contributed by atoms with Crippen molar-refractivity contribution in [3.05, 3.63) is 16.1 Å². The van der Waals surface area contributed by atoms with Crippen molar-refractivity contribution < 1.29 is 0 Å². The van der Waals surface area contributed by atoms with Crippen molar-refractivity contribution in [2.75, 3.05) is 0 Å². The first kappa shape index (κ1) is 4.50. The molecule has 0 amide bonds. The number of fused-ring (bicyclic) bond motifs is 1. The monoisotopic (exact) mass is 125 g/mol. The molecule has 1 nitrogen and oxygen atoms in total. The van der Waals surface area contributed by atoms with E-state index in [-0.39, 0.29) is 0 Å². The summed E-state index contributed by atoms with van der Waals surface area (Å²) in [5.41, 5.74) is 3.30. The predicted molar refractivity (Wildman–Crippen MR) is 34.1 cm³/mol. The average Bonchev–Trinajstić information content (AvgIpc) is 2.15. The first-order valence-corrected chi connectivity index (χ1v) is 3.76. The molecule has 0 unspecified atom stereocenters. The molecule has 1 heterocycles. The minimum absolute atomic E-state index is 1.22. The Kier molecular flexibility index (Phi) is 0.875. The summed E-state index contributed by atoms with van der Waals surface area (Å²) in [6.45, 7) is 0. The van der Waals surface area contributed by atoms with Gasteiger partial charge in [-0.15, -0.1) is 11.3 Å². The van der Waals surface area contributed by atoms with E-state index in [0.29, 0.717) is 0 Å². The van der Waals surface area contributed by atoms with Crippen LogP contribution in [0, 0.1) is 0 Å². The van der Waals surface area contributed by atoms with Crippen LogP contribution in [0.2, 0.25) is 0 Å². The van der Waals surface area contributed by atoms with Gasteiger partial charge in [-0.05, 0) is 19.3 Å². The van der Waals surface area contributed by atoms with E-state index in [9.17, 15) is 0 Å². The van der Waals surface area contributed by atoms with Gasteiger partial charge in [-0.3, -0.25) is 0 Å². The second kappa shape index (κ2) is 1.55. The largest absolute Gasteiger partial charge is 0.249 e. The Balaban J connectivity index is 2.54. The summed E-state index contributed by atoms with van der Waals surface area (Å²) in [6.07, 6.45) is 3.83. The van der Waals surface area contributed by atoms with Crippen LogP contribution in [0.4, 0.5) is 0 Å². The first-order valence-electron chi connectivity index (χ1n) is 2.88. The molecule has 0 saturated carbocycles. The second-order valence-corrected chi connectivity index (χ2v) is 3.02. The summed E-state index contributed by atoms with van der Waals surface area (Å²) in [5, 5.41) is 0. The highest BCUT2D eigenvalue weighted by atomic mass is 32.1. The van der Waals surface area contributed by atoms with Crippen LogP contribution in [-0.2, 0) is 12.8 Å². The fourth-order valence-corrected chi connectivity index (χ4v) is 1.98. The standard InChI is InChI=1S/C6H7NS/c1-2-5-6(3-1)8-4-7-5/h4H,1-3H2. The minimum Gasteiger partial charge on any atom is -0.249 e. The van der Waals surface area contributed by atoms with Crippen molar-refractivity contribution in [1.82, 2.24) is 4.98 Å². The number of nitrogens with zero attached hydrogens (tertiary/aromatic N) is 1. The van der Waals surface area contributed by atoms with E-state index in [0.717, 1.165) is 0 Å². The first-order chi connectivity index (χ1) is 3.97. The molecule has 1 aromatic rings. The van der Waals surface area contributed by atoms with Gasteiger partial charge < -0.3 is 0 Å². The molecule has 42 valence electrons. The predicted octanol–water partition coefficient (Wildman–Crippen LogP) is 1.63. The molecule has 0 aromatic carbocycles. The molecule has 0 radical (unpaired) electrons. The van der Waals surface area contributed by atoms with Gasteiger partial charge >= 0.3 is 0 Å². The van der Waals surface area contributed by atoms with Gasteiger partial charge in [-0.1, -0.05) is 0 Å². The highest BCUT2D eigenvalue weighted by Gasteiger charge is 2.11. The van der Waals surface area contributed by atoms with Gasteiger partial charge in [-0.2, -0.15) is 0 Å². The van der Waals surface area contributed by atoms with E-state index in [1.54, 1.807) is 11.3 Å². The zero-order chi connectivity index (χ0) is 5.40. The lowest BCUT2D eigenvalue weighted by Gasteiger charge is -1.77. The zero-order valence-electron chi connectivity index (χ0n) is 4.55. The molecule has 0 fully saturated rings. The van der Waals surface area contributed by atoms with E-state index in [4.69, 9.17) is 0 Å². The lowest BCUT2D eigenvalue weighted by atomic mass is 10.4. The Labute approximate surface area is 52.4 Å². The molecule has 0 atom stereocenters. The molecular formula is C6H7NS. The fraction of sp³-hybridized carbons (Fsp3) is 0.500. The highest BCUT2D eigenvalue weighted by molar-refractivity contribution is 7.09. The zero-order valence-corrected chi connectivity index (χ0v) is 5.37. The van der Waals surface area contributed by atoms with E-state index < -0.39 is 0 Å². The van der Waals surface area contributed by atoms with Crippen LogP contribution in [0.1, 0.15) is 17.0 Å². The molecule has 1 aliphatic rings. The molecule has 1 aromatic heterocycles.